The number of aliphatic hydroxyl groups excluding tert-OH is 3. The predicted molar refractivity (Wildman–Crippen MR) is 262 cm³/mol. The summed E-state index contributed by atoms with van der Waals surface area (Å²) in [6.07, 6.45) is 17.1. The molecule has 8 rings (SSSR count). The Bertz CT molecular complexity index is 2120. The number of allylic oxidation sites excluding steroid dienone is 1. The number of fused-ring (bicyclic) bond motifs is 2. The quantitative estimate of drug-likeness (QED) is 0.0426. The zero-order valence-corrected chi connectivity index (χ0v) is 39.9. The van der Waals surface area contributed by atoms with Crippen LogP contribution in [0.2, 0.25) is 0 Å². The molecule has 1 amide bonds. The summed E-state index contributed by atoms with van der Waals surface area (Å²) in [5, 5.41) is 34.8. The number of hydrogen-bond acceptors (Lipinski definition) is 11. The molecular formula is C56H74N2O10. The molecular weight excluding hydrogens is 861 g/mol. The molecule has 2 heterocycles. The highest BCUT2D eigenvalue weighted by Crippen LogP contribution is 2.62. The van der Waals surface area contributed by atoms with E-state index in [1.807, 2.05) is 47.4 Å². The SMILES string of the molecule is C=CCO[C@@]12Oc3ccc(Oc4ccc(-c5ccccc5)cc4)cc3[C@H]3[C@H](CCCCO)[C@@H](CCCCO)C=C(C(=NOC4CCCCO4)C[C@@H]1N(CCOCCO)C(=O)CCC1CCCC1)[C@H]32. The number of unbranched alkanes of at least 4 members (excludes halogenated alkanes) is 2. The van der Waals surface area contributed by atoms with Crippen LogP contribution in [0, 0.1) is 23.7 Å². The number of hydrogen-bond donors (Lipinski definition) is 3. The summed E-state index contributed by atoms with van der Waals surface area (Å²) in [7, 11) is 0. The van der Waals surface area contributed by atoms with Crippen LogP contribution in [0.25, 0.3) is 11.1 Å². The van der Waals surface area contributed by atoms with Crippen LogP contribution in [0.5, 0.6) is 17.2 Å². The number of rotatable bonds is 25. The summed E-state index contributed by atoms with van der Waals surface area (Å²) < 4.78 is 33.3. The Kier molecular flexibility index (Phi) is 18.2. The minimum atomic E-state index is -1.39. The van der Waals surface area contributed by atoms with E-state index in [4.69, 9.17) is 33.7 Å². The van der Waals surface area contributed by atoms with E-state index < -0.39 is 24.0 Å². The highest BCUT2D eigenvalue weighted by atomic mass is 16.8. The number of ether oxygens (including phenoxy) is 5. The molecule has 5 aliphatic rings. The van der Waals surface area contributed by atoms with Crippen molar-refractivity contribution in [1.29, 1.82) is 0 Å². The first kappa shape index (κ1) is 49.8. The van der Waals surface area contributed by atoms with E-state index in [2.05, 4.69) is 43.0 Å². The van der Waals surface area contributed by atoms with Crippen molar-refractivity contribution >= 4 is 11.6 Å². The summed E-state index contributed by atoms with van der Waals surface area (Å²) in [6.45, 7) is 5.60. The fourth-order valence-electron chi connectivity index (χ4n) is 11.7. The van der Waals surface area contributed by atoms with Gasteiger partial charge in [0.1, 0.15) is 23.3 Å². The monoisotopic (exact) mass is 935 g/mol. The lowest BCUT2D eigenvalue weighted by atomic mass is 9.55. The van der Waals surface area contributed by atoms with Crippen LogP contribution in [0.3, 0.4) is 0 Å². The topological polar surface area (TPSA) is 149 Å². The molecule has 368 valence electrons. The van der Waals surface area contributed by atoms with Crippen LogP contribution in [-0.2, 0) is 23.8 Å². The number of benzene rings is 3. The predicted octanol–water partition coefficient (Wildman–Crippen LogP) is 10.1. The van der Waals surface area contributed by atoms with Gasteiger partial charge in [-0.2, -0.15) is 0 Å². The van der Waals surface area contributed by atoms with Crippen LogP contribution in [-0.4, -0.2) is 103 Å². The second kappa shape index (κ2) is 24.8. The molecule has 7 atom stereocenters. The van der Waals surface area contributed by atoms with Gasteiger partial charge in [-0.1, -0.05) is 98.3 Å². The fourth-order valence-corrected chi connectivity index (χ4v) is 11.7. The third-order valence-corrected chi connectivity index (χ3v) is 14.9. The van der Waals surface area contributed by atoms with Gasteiger partial charge in [-0.3, -0.25) is 4.79 Å². The number of amides is 1. The normalized spacial score (nSPS) is 26.0. The molecule has 2 saturated carbocycles. The van der Waals surface area contributed by atoms with Gasteiger partial charge in [0, 0.05) is 50.5 Å². The standard InChI is InChI=1S/C56H74N2O10/c1-2-33-65-56-51(58(29-35-63-36-32-61)52(62)28-21-40-14-6-7-15-40)39-49(57-68-53-20-10-13-34-64-53)47-37-43(18-8-11-30-59)46(19-9-12-31-60)54(55(47)56)48-38-45(26-27-50(48)67-56)66-44-24-22-42(23-25-44)41-16-4-3-5-17-41/h2-5,16-17,22-27,37-38,40,43,46,51,53-55,59-61H,1,6-15,18-21,28-36,39H2/t43-,46+,51-,53?,54+,55+,56+/m0/s1. The molecule has 0 bridgehead atoms. The Hall–Kier alpha value is -4.56. The molecule has 12 heteroatoms. The Morgan fingerprint density at radius 3 is 2.32 bits per heavy atom. The van der Waals surface area contributed by atoms with E-state index in [0.717, 1.165) is 92.2 Å². The van der Waals surface area contributed by atoms with Gasteiger partial charge in [0.15, 0.2) is 0 Å². The highest BCUT2D eigenvalue weighted by Gasteiger charge is 2.65. The molecule has 12 nitrogen and oxygen atoms in total. The van der Waals surface area contributed by atoms with Crippen molar-refractivity contribution in [3.05, 3.63) is 103 Å². The van der Waals surface area contributed by atoms with Crippen LogP contribution >= 0.6 is 0 Å². The number of nitrogens with zero attached hydrogens (tertiary/aromatic N) is 2. The zero-order valence-electron chi connectivity index (χ0n) is 39.9. The number of oxime groups is 1. The van der Waals surface area contributed by atoms with Gasteiger partial charge < -0.3 is 48.7 Å². The van der Waals surface area contributed by atoms with Crippen molar-refractivity contribution in [2.45, 2.75) is 127 Å². The van der Waals surface area contributed by atoms with Crippen LogP contribution in [0.15, 0.2) is 102 Å². The molecule has 1 unspecified atom stereocenters. The van der Waals surface area contributed by atoms with E-state index >= 15 is 4.79 Å². The summed E-state index contributed by atoms with van der Waals surface area (Å²) in [5.41, 5.74) is 4.93. The van der Waals surface area contributed by atoms with Gasteiger partial charge in [0.25, 0.3) is 0 Å². The first-order valence-electron chi connectivity index (χ1n) is 25.6. The lowest BCUT2D eigenvalue weighted by Crippen LogP contribution is -2.70. The largest absolute Gasteiger partial charge is 0.459 e. The number of carbonyl (C=O) groups is 1. The molecule has 3 aromatic rings. The van der Waals surface area contributed by atoms with E-state index in [1.54, 1.807) is 6.08 Å². The minimum absolute atomic E-state index is 0.00421. The van der Waals surface area contributed by atoms with Gasteiger partial charge in [0.05, 0.1) is 44.7 Å². The molecule has 3 aromatic carbocycles. The maximum absolute atomic E-state index is 15.0. The summed E-state index contributed by atoms with van der Waals surface area (Å²) in [4.78, 5) is 23.3. The van der Waals surface area contributed by atoms with Crippen molar-refractivity contribution < 1.29 is 48.6 Å². The smallest absolute Gasteiger partial charge is 0.239 e. The van der Waals surface area contributed by atoms with Gasteiger partial charge in [-0.15, -0.1) is 6.58 Å². The van der Waals surface area contributed by atoms with Gasteiger partial charge in [0.2, 0.25) is 18.0 Å². The molecule has 3 N–H and O–H groups in total. The first-order chi connectivity index (χ1) is 33.5. The van der Waals surface area contributed by atoms with Crippen LogP contribution < -0.4 is 9.47 Å². The molecule has 3 aliphatic carbocycles. The third kappa shape index (κ3) is 11.9. The molecule has 68 heavy (non-hydrogen) atoms. The molecule has 0 radical (unpaired) electrons. The first-order valence-corrected chi connectivity index (χ1v) is 25.6. The third-order valence-electron chi connectivity index (χ3n) is 14.9. The van der Waals surface area contributed by atoms with Gasteiger partial charge in [-0.05, 0) is 110 Å². The van der Waals surface area contributed by atoms with E-state index in [9.17, 15) is 15.3 Å². The maximum atomic E-state index is 15.0. The lowest BCUT2D eigenvalue weighted by Gasteiger charge is -2.60. The minimum Gasteiger partial charge on any atom is -0.459 e. The molecule has 0 aromatic heterocycles. The summed E-state index contributed by atoms with van der Waals surface area (Å²) in [5.74, 6) is 0.654. The van der Waals surface area contributed by atoms with E-state index in [-0.39, 0.29) is 69.8 Å². The Balaban J connectivity index is 1.27. The van der Waals surface area contributed by atoms with Gasteiger partial charge in [-0.25, -0.2) is 0 Å². The Labute approximate surface area is 403 Å². The average Bonchev–Trinajstić information content (AvgIpc) is 3.90. The lowest BCUT2D eigenvalue weighted by molar-refractivity contribution is -0.258. The van der Waals surface area contributed by atoms with Crippen molar-refractivity contribution in [3.8, 4) is 28.4 Å². The van der Waals surface area contributed by atoms with E-state index in [1.165, 1.54) is 12.8 Å². The van der Waals surface area contributed by atoms with Crippen LogP contribution in [0.1, 0.15) is 114 Å². The van der Waals surface area contributed by atoms with Crippen molar-refractivity contribution in [2.24, 2.45) is 28.8 Å². The number of aliphatic hydroxyl groups is 3. The summed E-state index contributed by atoms with van der Waals surface area (Å²) >= 11 is 0. The van der Waals surface area contributed by atoms with Crippen LogP contribution in [0.4, 0.5) is 0 Å². The second-order valence-corrected chi connectivity index (χ2v) is 19.3. The van der Waals surface area contributed by atoms with Crippen molar-refractivity contribution in [2.75, 3.05) is 52.8 Å². The molecule has 1 saturated heterocycles. The molecule has 0 spiro atoms. The highest BCUT2D eigenvalue weighted by molar-refractivity contribution is 6.03. The number of carbonyl (C=O) groups excluding carboxylic acids is 1. The van der Waals surface area contributed by atoms with E-state index in [0.29, 0.717) is 55.5 Å². The molecule has 2 aliphatic heterocycles. The Morgan fingerprint density at radius 2 is 1.59 bits per heavy atom. The zero-order chi connectivity index (χ0) is 47.1. The maximum Gasteiger partial charge on any atom is 0.239 e. The summed E-state index contributed by atoms with van der Waals surface area (Å²) in [6, 6.07) is 23.8. The van der Waals surface area contributed by atoms with Gasteiger partial charge >= 0.3 is 0 Å². The average molecular weight is 935 g/mol. The molecule has 3 fully saturated rings. The Morgan fingerprint density at radius 1 is 0.838 bits per heavy atom. The van der Waals surface area contributed by atoms with Crippen molar-refractivity contribution in [1.82, 2.24) is 4.90 Å². The fraction of sp³-hybridized carbons (Fsp3) is 0.571. The van der Waals surface area contributed by atoms with Crippen molar-refractivity contribution in [3.63, 3.8) is 0 Å². The second-order valence-electron chi connectivity index (χ2n) is 19.3.